The Bertz CT molecular complexity index is 1050. The van der Waals surface area contributed by atoms with Gasteiger partial charge >= 0.3 is 0 Å². The Morgan fingerprint density at radius 3 is 2.59 bits per heavy atom. The molecule has 1 amide bonds. The molecule has 0 unspecified atom stereocenters. The third-order valence-corrected chi connectivity index (χ3v) is 5.09. The van der Waals surface area contributed by atoms with Crippen molar-refractivity contribution in [3.05, 3.63) is 52.0 Å². The van der Waals surface area contributed by atoms with Crippen molar-refractivity contribution in [3.8, 4) is 0 Å². The highest BCUT2D eigenvalue weighted by Gasteiger charge is 2.27. The molecule has 0 bridgehead atoms. The lowest BCUT2D eigenvalue weighted by molar-refractivity contribution is -0.131. The van der Waals surface area contributed by atoms with Crippen molar-refractivity contribution in [3.63, 3.8) is 0 Å². The molecule has 0 N–H and O–H groups in total. The SMILES string of the molecule is Cc1noc(C2CCN(C(=O)Cc3nn(C)c(=O)c4ccccc34)CC2)n1. The van der Waals surface area contributed by atoms with E-state index < -0.39 is 0 Å². The Balaban J connectivity index is 1.48. The van der Waals surface area contributed by atoms with E-state index in [-0.39, 0.29) is 23.8 Å². The van der Waals surface area contributed by atoms with Crippen molar-refractivity contribution in [1.29, 1.82) is 0 Å². The van der Waals surface area contributed by atoms with E-state index in [1.165, 1.54) is 4.68 Å². The van der Waals surface area contributed by atoms with Crippen LogP contribution in [0, 0.1) is 6.92 Å². The van der Waals surface area contributed by atoms with Crippen LogP contribution >= 0.6 is 0 Å². The van der Waals surface area contributed by atoms with Gasteiger partial charge in [0.1, 0.15) is 0 Å². The van der Waals surface area contributed by atoms with Crippen LogP contribution in [0.3, 0.4) is 0 Å². The molecule has 3 aromatic rings. The molecule has 4 rings (SSSR count). The van der Waals surface area contributed by atoms with Crippen LogP contribution < -0.4 is 5.56 Å². The molecule has 27 heavy (non-hydrogen) atoms. The van der Waals surface area contributed by atoms with Crippen LogP contribution in [0.1, 0.15) is 36.2 Å². The molecule has 3 heterocycles. The molecule has 0 atom stereocenters. The van der Waals surface area contributed by atoms with Gasteiger partial charge in [-0.15, -0.1) is 0 Å². The first-order chi connectivity index (χ1) is 13.0. The minimum atomic E-state index is -0.155. The normalized spacial score (nSPS) is 15.4. The summed E-state index contributed by atoms with van der Waals surface area (Å²) in [7, 11) is 1.61. The van der Waals surface area contributed by atoms with Crippen molar-refractivity contribution in [1.82, 2.24) is 24.8 Å². The Labute approximate surface area is 155 Å². The van der Waals surface area contributed by atoms with Gasteiger partial charge in [-0.2, -0.15) is 10.1 Å². The van der Waals surface area contributed by atoms with Crippen LogP contribution in [0.15, 0.2) is 33.6 Å². The zero-order valence-electron chi connectivity index (χ0n) is 15.4. The molecule has 1 saturated heterocycles. The topological polar surface area (TPSA) is 94.1 Å². The summed E-state index contributed by atoms with van der Waals surface area (Å²) in [4.78, 5) is 31.2. The van der Waals surface area contributed by atoms with Crippen LogP contribution in [0.5, 0.6) is 0 Å². The molecule has 1 aromatic carbocycles. The summed E-state index contributed by atoms with van der Waals surface area (Å²) in [5, 5.41) is 9.49. The number of hydrogen-bond acceptors (Lipinski definition) is 6. The molecule has 8 nitrogen and oxygen atoms in total. The van der Waals surface area contributed by atoms with Crippen LogP contribution in [-0.2, 0) is 18.3 Å². The number of benzene rings is 1. The van der Waals surface area contributed by atoms with Gasteiger partial charge in [-0.05, 0) is 25.8 Å². The maximum atomic E-state index is 12.8. The number of aryl methyl sites for hydroxylation is 2. The number of nitrogens with zero attached hydrogens (tertiary/aromatic N) is 5. The van der Waals surface area contributed by atoms with Gasteiger partial charge in [0.15, 0.2) is 5.82 Å². The van der Waals surface area contributed by atoms with Gasteiger partial charge in [-0.1, -0.05) is 23.4 Å². The molecule has 1 aliphatic rings. The van der Waals surface area contributed by atoms with Gasteiger partial charge in [-0.3, -0.25) is 9.59 Å². The molecule has 0 spiro atoms. The third-order valence-electron chi connectivity index (χ3n) is 5.09. The number of aromatic nitrogens is 4. The highest BCUT2D eigenvalue weighted by molar-refractivity contribution is 5.88. The molecule has 8 heteroatoms. The van der Waals surface area contributed by atoms with Crippen LogP contribution in [-0.4, -0.2) is 43.8 Å². The van der Waals surface area contributed by atoms with E-state index in [1.807, 2.05) is 23.1 Å². The standard InChI is InChI=1S/C19H21N5O3/c1-12-20-18(27-22-12)13-7-9-24(10-8-13)17(25)11-16-14-5-3-4-6-15(14)19(26)23(2)21-16/h3-6,13H,7-11H2,1-2H3. The summed E-state index contributed by atoms with van der Waals surface area (Å²) >= 11 is 0. The minimum absolute atomic E-state index is 0.0199. The number of carbonyl (C=O) groups excluding carboxylic acids is 1. The first kappa shape index (κ1) is 17.4. The Hall–Kier alpha value is -3.03. The molecule has 0 radical (unpaired) electrons. The molecule has 0 aliphatic carbocycles. The zero-order valence-corrected chi connectivity index (χ0v) is 15.4. The number of fused-ring (bicyclic) bond motifs is 1. The zero-order chi connectivity index (χ0) is 19.0. The number of amides is 1. The minimum Gasteiger partial charge on any atom is -0.342 e. The van der Waals surface area contributed by atoms with E-state index >= 15 is 0 Å². The molecule has 2 aromatic heterocycles. The highest BCUT2D eigenvalue weighted by atomic mass is 16.5. The lowest BCUT2D eigenvalue weighted by atomic mass is 9.96. The fraction of sp³-hybridized carbons (Fsp3) is 0.421. The predicted octanol–water partition coefficient (Wildman–Crippen LogP) is 1.57. The fourth-order valence-electron chi connectivity index (χ4n) is 3.62. The van der Waals surface area contributed by atoms with E-state index in [4.69, 9.17) is 4.52 Å². The second-order valence-corrected chi connectivity index (χ2v) is 6.93. The van der Waals surface area contributed by atoms with E-state index in [1.54, 1.807) is 20.0 Å². The van der Waals surface area contributed by atoms with E-state index in [0.29, 0.717) is 35.9 Å². The smallest absolute Gasteiger partial charge is 0.274 e. The molecular formula is C19H21N5O3. The summed E-state index contributed by atoms with van der Waals surface area (Å²) in [6.45, 7) is 3.10. The number of carbonyl (C=O) groups is 1. The number of hydrogen-bond donors (Lipinski definition) is 0. The Kier molecular flexibility index (Phi) is 4.47. The van der Waals surface area contributed by atoms with Gasteiger partial charge in [0, 0.05) is 31.4 Å². The summed E-state index contributed by atoms with van der Waals surface area (Å²) in [5.74, 6) is 1.51. The van der Waals surface area contributed by atoms with Crippen molar-refractivity contribution >= 4 is 16.7 Å². The first-order valence-corrected chi connectivity index (χ1v) is 9.06. The third kappa shape index (κ3) is 3.34. The average molecular weight is 367 g/mol. The summed E-state index contributed by atoms with van der Waals surface area (Å²) in [5.41, 5.74) is 0.477. The fourth-order valence-corrected chi connectivity index (χ4v) is 3.62. The van der Waals surface area contributed by atoms with Crippen molar-refractivity contribution in [2.75, 3.05) is 13.1 Å². The van der Waals surface area contributed by atoms with Crippen molar-refractivity contribution in [2.45, 2.75) is 32.1 Å². The van der Waals surface area contributed by atoms with Crippen LogP contribution in [0.4, 0.5) is 0 Å². The molecular weight excluding hydrogens is 346 g/mol. The number of rotatable bonds is 3. The molecule has 140 valence electrons. The van der Waals surface area contributed by atoms with Crippen LogP contribution in [0.25, 0.3) is 10.8 Å². The lowest BCUT2D eigenvalue weighted by Crippen LogP contribution is -2.39. The van der Waals surface area contributed by atoms with Crippen LogP contribution in [0.2, 0.25) is 0 Å². The summed E-state index contributed by atoms with van der Waals surface area (Å²) in [6.07, 6.45) is 1.78. The van der Waals surface area contributed by atoms with Gasteiger partial charge in [0.05, 0.1) is 17.5 Å². The Morgan fingerprint density at radius 2 is 1.93 bits per heavy atom. The number of piperidine rings is 1. The maximum Gasteiger partial charge on any atom is 0.274 e. The monoisotopic (exact) mass is 367 g/mol. The van der Waals surface area contributed by atoms with E-state index in [0.717, 1.165) is 18.2 Å². The Morgan fingerprint density at radius 1 is 1.22 bits per heavy atom. The molecule has 0 saturated carbocycles. The average Bonchev–Trinajstić information content (AvgIpc) is 3.12. The molecule has 1 fully saturated rings. The summed E-state index contributed by atoms with van der Waals surface area (Å²) in [6, 6.07) is 7.29. The molecule has 1 aliphatic heterocycles. The van der Waals surface area contributed by atoms with Gasteiger partial charge in [0.25, 0.3) is 5.56 Å². The van der Waals surface area contributed by atoms with Gasteiger partial charge < -0.3 is 9.42 Å². The predicted molar refractivity (Wildman–Crippen MR) is 98.3 cm³/mol. The second-order valence-electron chi connectivity index (χ2n) is 6.93. The van der Waals surface area contributed by atoms with Crippen molar-refractivity contribution in [2.24, 2.45) is 7.05 Å². The van der Waals surface area contributed by atoms with E-state index in [2.05, 4.69) is 15.2 Å². The lowest BCUT2D eigenvalue weighted by Gasteiger charge is -2.30. The number of likely N-dealkylation sites (tertiary alicyclic amines) is 1. The highest BCUT2D eigenvalue weighted by Crippen LogP contribution is 2.27. The van der Waals surface area contributed by atoms with Gasteiger partial charge in [0.2, 0.25) is 11.8 Å². The summed E-state index contributed by atoms with van der Waals surface area (Å²) < 4.78 is 6.56. The quantitative estimate of drug-likeness (QED) is 0.697. The second kappa shape index (κ2) is 6.94. The first-order valence-electron chi connectivity index (χ1n) is 9.06. The van der Waals surface area contributed by atoms with Crippen molar-refractivity contribution < 1.29 is 9.32 Å². The van der Waals surface area contributed by atoms with Gasteiger partial charge in [-0.25, -0.2) is 4.68 Å². The maximum absolute atomic E-state index is 12.8. The van der Waals surface area contributed by atoms with E-state index in [9.17, 15) is 9.59 Å². The largest absolute Gasteiger partial charge is 0.342 e.